The topological polar surface area (TPSA) is 33.2 Å². The van der Waals surface area contributed by atoms with Crippen LogP contribution in [0.25, 0.3) is 10.8 Å². The van der Waals surface area contributed by atoms with E-state index in [0.29, 0.717) is 5.56 Å². The minimum atomic E-state index is -0.0250. The van der Waals surface area contributed by atoms with Gasteiger partial charge >= 0.3 is 0 Å². The minimum Gasteiger partial charge on any atom is -0.383 e. The molecule has 0 bridgehead atoms. The van der Waals surface area contributed by atoms with Gasteiger partial charge in [-0.25, -0.2) is 0 Å². The molecule has 0 aliphatic rings. The van der Waals surface area contributed by atoms with Crippen molar-refractivity contribution in [1.82, 2.24) is 9.88 Å². The van der Waals surface area contributed by atoms with Gasteiger partial charge in [0.25, 0.3) is 0 Å². The lowest BCUT2D eigenvalue weighted by Crippen LogP contribution is -2.03. The molecule has 2 aromatic rings. The molecule has 0 fully saturated rings. The monoisotopic (exact) mass is 226 g/mol. The van der Waals surface area contributed by atoms with Gasteiger partial charge in [0, 0.05) is 49.7 Å². The van der Waals surface area contributed by atoms with Crippen molar-refractivity contribution in [2.24, 2.45) is 0 Å². The van der Waals surface area contributed by atoms with Crippen LogP contribution in [0.3, 0.4) is 0 Å². The van der Waals surface area contributed by atoms with E-state index in [-0.39, 0.29) is 5.78 Å². The van der Waals surface area contributed by atoms with Crippen LogP contribution in [0.1, 0.15) is 10.4 Å². The highest BCUT2D eigenvalue weighted by Crippen LogP contribution is 2.17. The maximum absolute atomic E-state index is 12.0. The predicted octanol–water partition coefficient (Wildman–Crippen LogP) is 2.49. The fourth-order valence-corrected chi connectivity index (χ4v) is 1.62. The molecule has 0 saturated carbocycles. The lowest BCUT2D eigenvalue weighted by atomic mass is 10.0. The molecular formula is C14H14N2O. The quantitative estimate of drug-likeness (QED) is 0.595. The van der Waals surface area contributed by atoms with E-state index in [0.717, 1.165) is 10.8 Å². The zero-order valence-corrected chi connectivity index (χ0v) is 9.92. The number of ketones is 1. The van der Waals surface area contributed by atoms with Crippen molar-refractivity contribution >= 4 is 16.6 Å². The summed E-state index contributed by atoms with van der Waals surface area (Å²) in [5.74, 6) is -0.0250. The number of hydrogen-bond acceptors (Lipinski definition) is 3. The van der Waals surface area contributed by atoms with E-state index in [2.05, 4.69) is 4.98 Å². The minimum absolute atomic E-state index is 0.0250. The Morgan fingerprint density at radius 1 is 1.24 bits per heavy atom. The van der Waals surface area contributed by atoms with E-state index < -0.39 is 0 Å². The maximum atomic E-state index is 12.0. The summed E-state index contributed by atoms with van der Waals surface area (Å²) in [7, 11) is 3.76. The molecule has 3 heteroatoms. The Morgan fingerprint density at radius 2 is 2.00 bits per heavy atom. The number of aromatic nitrogens is 1. The fraction of sp³-hybridized carbons (Fsp3) is 0.143. The van der Waals surface area contributed by atoms with Gasteiger partial charge in [0.15, 0.2) is 5.78 Å². The van der Waals surface area contributed by atoms with Crippen LogP contribution in [0, 0.1) is 0 Å². The molecule has 1 heterocycles. The summed E-state index contributed by atoms with van der Waals surface area (Å²) in [6, 6.07) is 7.76. The zero-order valence-electron chi connectivity index (χ0n) is 9.92. The third-order valence-corrected chi connectivity index (χ3v) is 2.46. The van der Waals surface area contributed by atoms with Gasteiger partial charge in [0.05, 0.1) is 0 Å². The molecule has 1 aromatic carbocycles. The second-order valence-corrected chi connectivity index (χ2v) is 4.05. The van der Waals surface area contributed by atoms with Crippen molar-refractivity contribution in [3.8, 4) is 0 Å². The first-order valence-electron chi connectivity index (χ1n) is 5.40. The first-order chi connectivity index (χ1) is 8.18. The van der Waals surface area contributed by atoms with Crippen LogP contribution in [0.4, 0.5) is 0 Å². The van der Waals surface area contributed by atoms with Crippen LogP contribution in [0.2, 0.25) is 0 Å². The maximum Gasteiger partial charge on any atom is 0.189 e. The number of allylic oxidation sites excluding steroid dienone is 1. The average Bonchev–Trinajstić information content (AvgIpc) is 2.35. The van der Waals surface area contributed by atoms with Crippen molar-refractivity contribution in [3.05, 3.63) is 54.5 Å². The summed E-state index contributed by atoms with van der Waals surface area (Å²) >= 11 is 0. The SMILES string of the molecule is CN(C)/C=C/C(=O)c1cncc2ccccc12. The summed E-state index contributed by atoms with van der Waals surface area (Å²) in [6.45, 7) is 0. The summed E-state index contributed by atoms with van der Waals surface area (Å²) in [6.07, 6.45) is 6.68. The van der Waals surface area contributed by atoms with Crippen molar-refractivity contribution in [2.75, 3.05) is 14.1 Å². The van der Waals surface area contributed by atoms with Crippen LogP contribution in [-0.4, -0.2) is 29.8 Å². The standard InChI is InChI=1S/C14H14N2O/c1-16(2)8-7-14(17)13-10-15-9-11-5-3-4-6-12(11)13/h3-10H,1-2H3/b8-7+. The summed E-state index contributed by atoms with van der Waals surface area (Å²) in [4.78, 5) is 17.9. The largest absolute Gasteiger partial charge is 0.383 e. The number of fused-ring (bicyclic) bond motifs is 1. The van der Waals surface area contributed by atoms with Crippen molar-refractivity contribution in [2.45, 2.75) is 0 Å². The van der Waals surface area contributed by atoms with E-state index in [1.807, 2.05) is 43.3 Å². The Balaban J connectivity index is 2.45. The van der Waals surface area contributed by atoms with Gasteiger partial charge in [0.1, 0.15) is 0 Å². The van der Waals surface area contributed by atoms with Gasteiger partial charge in [0.2, 0.25) is 0 Å². The zero-order chi connectivity index (χ0) is 12.3. The second-order valence-electron chi connectivity index (χ2n) is 4.05. The lowest BCUT2D eigenvalue weighted by Gasteiger charge is -2.04. The molecule has 0 radical (unpaired) electrons. The van der Waals surface area contributed by atoms with Crippen molar-refractivity contribution in [3.63, 3.8) is 0 Å². The van der Waals surface area contributed by atoms with E-state index in [1.54, 1.807) is 24.7 Å². The molecule has 0 spiro atoms. The molecule has 0 atom stereocenters. The van der Waals surface area contributed by atoms with Gasteiger partial charge < -0.3 is 4.90 Å². The number of carbonyl (C=O) groups excluding carboxylic acids is 1. The highest BCUT2D eigenvalue weighted by Gasteiger charge is 2.06. The molecule has 3 nitrogen and oxygen atoms in total. The molecule has 1 aromatic heterocycles. The number of nitrogens with zero attached hydrogens (tertiary/aromatic N) is 2. The van der Waals surface area contributed by atoms with Gasteiger partial charge in [-0.2, -0.15) is 0 Å². The van der Waals surface area contributed by atoms with Crippen LogP contribution in [-0.2, 0) is 0 Å². The van der Waals surface area contributed by atoms with Crippen molar-refractivity contribution < 1.29 is 4.79 Å². The second kappa shape index (κ2) is 4.78. The number of rotatable bonds is 3. The summed E-state index contributed by atoms with van der Waals surface area (Å²) < 4.78 is 0. The highest BCUT2D eigenvalue weighted by molar-refractivity contribution is 6.12. The molecule has 17 heavy (non-hydrogen) atoms. The van der Waals surface area contributed by atoms with Crippen LogP contribution in [0.15, 0.2) is 48.9 Å². The third-order valence-electron chi connectivity index (χ3n) is 2.46. The number of pyridine rings is 1. The fourth-order valence-electron chi connectivity index (χ4n) is 1.62. The molecule has 0 unspecified atom stereocenters. The Labute approximate surface area is 100 Å². The first kappa shape index (κ1) is 11.3. The van der Waals surface area contributed by atoms with E-state index in [9.17, 15) is 4.79 Å². The summed E-state index contributed by atoms with van der Waals surface area (Å²) in [5.41, 5.74) is 0.640. The molecule has 2 rings (SSSR count). The average molecular weight is 226 g/mol. The number of hydrogen-bond donors (Lipinski definition) is 0. The number of carbonyl (C=O) groups is 1. The van der Waals surface area contributed by atoms with Crippen molar-refractivity contribution in [1.29, 1.82) is 0 Å². The first-order valence-corrected chi connectivity index (χ1v) is 5.40. The molecule has 0 saturated heterocycles. The molecule has 0 N–H and O–H groups in total. The smallest absolute Gasteiger partial charge is 0.189 e. The normalized spacial score (nSPS) is 10.9. The van der Waals surface area contributed by atoms with Gasteiger partial charge in [-0.1, -0.05) is 24.3 Å². The van der Waals surface area contributed by atoms with Crippen LogP contribution >= 0.6 is 0 Å². The predicted molar refractivity (Wildman–Crippen MR) is 68.9 cm³/mol. The Morgan fingerprint density at radius 3 is 2.76 bits per heavy atom. The van der Waals surface area contributed by atoms with E-state index >= 15 is 0 Å². The van der Waals surface area contributed by atoms with Crippen LogP contribution in [0.5, 0.6) is 0 Å². The molecule has 0 aliphatic heterocycles. The summed E-state index contributed by atoms with van der Waals surface area (Å²) in [5, 5.41) is 1.92. The van der Waals surface area contributed by atoms with E-state index in [4.69, 9.17) is 0 Å². The molecule has 0 amide bonds. The van der Waals surface area contributed by atoms with Crippen LogP contribution < -0.4 is 0 Å². The Bertz CT molecular complexity index is 568. The molecule has 0 aliphatic carbocycles. The lowest BCUT2D eigenvalue weighted by molar-refractivity contribution is 0.104. The third kappa shape index (κ3) is 2.50. The highest BCUT2D eigenvalue weighted by atomic mass is 16.1. The molecule has 86 valence electrons. The van der Waals surface area contributed by atoms with Gasteiger partial charge in [-0.3, -0.25) is 9.78 Å². The Kier molecular flexibility index (Phi) is 3.19. The number of benzene rings is 1. The molecular weight excluding hydrogens is 212 g/mol. The van der Waals surface area contributed by atoms with E-state index in [1.165, 1.54) is 0 Å². The van der Waals surface area contributed by atoms with Gasteiger partial charge in [-0.05, 0) is 5.39 Å². The van der Waals surface area contributed by atoms with Gasteiger partial charge in [-0.15, -0.1) is 0 Å². The Hall–Kier alpha value is -2.16.